The highest BCUT2D eigenvalue weighted by Crippen LogP contribution is 2.32. The minimum Gasteiger partial charge on any atom is -0.347 e. The summed E-state index contributed by atoms with van der Waals surface area (Å²) in [7, 11) is 4.85. The Labute approximate surface area is 333 Å². The summed E-state index contributed by atoms with van der Waals surface area (Å²) in [5.41, 5.74) is 2.39. The molecule has 0 bridgehead atoms. The minimum absolute atomic E-state index is 0.138. The normalized spacial score (nSPS) is 15.9. The zero-order valence-electron chi connectivity index (χ0n) is 34.1. The van der Waals surface area contributed by atoms with E-state index in [1.54, 1.807) is 70.5 Å². The maximum Gasteiger partial charge on any atom is 0.330 e. The molecule has 2 aliphatic heterocycles. The van der Waals surface area contributed by atoms with Crippen LogP contribution in [0.15, 0.2) is 42.7 Å². The zero-order valence-corrected chi connectivity index (χ0v) is 34.1. The van der Waals surface area contributed by atoms with Crippen LogP contribution in [0.3, 0.4) is 0 Å². The second-order valence-corrected chi connectivity index (χ2v) is 15.7. The molecule has 7 amide bonds. The molecule has 2 aliphatic rings. The van der Waals surface area contributed by atoms with Gasteiger partial charge in [-0.3, -0.25) is 38.8 Å². The molecule has 1 fully saturated rings. The number of aromatic nitrogens is 3. The number of nitrogens with zero attached hydrogens (tertiary/aromatic N) is 7. The molecule has 1 saturated heterocycles. The van der Waals surface area contributed by atoms with E-state index in [1.807, 2.05) is 39.8 Å². The molecule has 304 valence electrons. The molecular weight excluding hydrogens is 731 g/mol. The Morgan fingerprint density at radius 1 is 1.02 bits per heavy atom. The maximum absolute atomic E-state index is 13.7. The summed E-state index contributed by atoms with van der Waals surface area (Å²) in [5, 5.41) is 11.3. The van der Waals surface area contributed by atoms with Crippen molar-refractivity contribution in [2.24, 2.45) is 5.92 Å². The van der Waals surface area contributed by atoms with Crippen LogP contribution in [-0.2, 0) is 25.7 Å². The van der Waals surface area contributed by atoms with Crippen molar-refractivity contribution in [3.05, 3.63) is 65.1 Å². The molecule has 1 unspecified atom stereocenters. The van der Waals surface area contributed by atoms with Crippen LogP contribution in [0, 0.1) is 19.8 Å². The van der Waals surface area contributed by atoms with Crippen LogP contribution in [0.5, 0.6) is 0 Å². The molecule has 57 heavy (non-hydrogen) atoms. The number of amides is 7. The highest BCUT2D eigenvalue weighted by atomic mass is 16.2. The molecule has 3 aromatic rings. The van der Waals surface area contributed by atoms with Crippen LogP contribution >= 0.6 is 0 Å². The van der Waals surface area contributed by atoms with E-state index in [1.165, 1.54) is 14.7 Å². The Balaban J connectivity index is 1.20. The lowest BCUT2D eigenvalue weighted by Crippen LogP contribution is -2.61. The van der Waals surface area contributed by atoms with Gasteiger partial charge in [-0.1, -0.05) is 19.9 Å². The van der Waals surface area contributed by atoms with Crippen molar-refractivity contribution in [1.29, 1.82) is 0 Å². The Kier molecular flexibility index (Phi) is 12.8. The van der Waals surface area contributed by atoms with E-state index in [0.717, 1.165) is 11.3 Å². The Bertz CT molecular complexity index is 2030. The van der Waals surface area contributed by atoms with Gasteiger partial charge in [0.05, 0.1) is 25.0 Å². The van der Waals surface area contributed by atoms with Crippen molar-refractivity contribution in [2.75, 3.05) is 49.3 Å². The van der Waals surface area contributed by atoms with Crippen molar-refractivity contribution < 1.29 is 28.8 Å². The first kappa shape index (κ1) is 42.0. The van der Waals surface area contributed by atoms with Crippen molar-refractivity contribution >= 4 is 58.7 Å². The monoisotopic (exact) mass is 783 g/mol. The number of carbonyl (C=O) groups is 6. The molecule has 17 heteroatoms. The first-order chi connectivity index (χ1) is 26.9. The van der Waals surface area contributed by atoms with Crippen molar-refractivity contribution in [1.82, 2.24) is 40.7 Å². The van der Waals surface area contributed by atoms with E-state index in [2.05, 4.69) is 36.2 Å². The molecule has 17 nitrogen and oxygen atoms in total. The van der Waals surface area contributed by atoms with Crippen LogP contribution in [-0.4, -0.2) is 112 Å². The van der Waals surface area contributed by atoms with Gasteiger partial charge in [-0.15, -0.1) is 0 Å². The second-order valence-electron chi connectivity index (χ2n) is 15.7. The fourth-order valence-corrected chi connectivity index (χ4v) is 6.76. The van der Waals surface area contributed by atoms with Gasteiger partial charge >= 0.3 is 6.03 Å². The Morgan fingerprint density at radius 3 is 2.42 bits per heavy atom. The number of hydrogen-bond donors (Lipinski definition) is 4. The van der Waals surface area contributed by atoms with Gasteiger partial charge in [0.2, 0.25) is 29.6 Å². The Morgan fingerprint density at radius 2 is 1.75 bits per heavy atom. The molecule has 0 aliphatic carbocycles. The van der Waals surface area contributed by atoms with Crippen LogP contribution in [0.2, 0.25) is 0 Å². The number of likely N-dealkylation sites (N-methyl/N-ethyl adjacent to an activating group) is 1. The summed E-state index contributed by atoms with van der Waals surface area (Å²) in [4.78, 5) is 99.1. The second kappa shape index (κ2) is 17.3. The van der Waals surface area contributed by atoms with Gasteiger partial charge in [0.1, 0.15) is 23.4 Å². The fraction of sp³-hybridized carbons (Fsp3) is 0.475. The molecule has 4 N–H and O–H groups in total. The van der Waals surface area contributed by atoms with Gasteiger partial charge in [-0.25, -0.2) is 9.78 Å². The summed E-state index contributed by atoms with van der Waals surface area (Å²) in [6, 6.07) is 6.72. The number of aryl methyl sites for hydroxylation is 2. The largest absolute Gasteiger partial charge is 0.347 e. The average molecular weight is 784 g/mol. The molecule has 2 atom stereocenters. The lowest BCUT2D eigenvalue weighted by atomic mass is 9.99. The minimum atomic E-state index is -1.38. The average Bonchev–Trinajstić information content (AvgIpc) is 3.66. The van der Waals surface area contributed by atoms with Crippen LogP contribution < -0.4 is 31.1 Å². The first-order valence-electron chi connectivity index (χ1n) is 19.0. The van der Waals surface area contributed by atoms with Crippen molar-refractivity contribution in [3.63, 3.8) is 0 Å². The van der Waals surface area contributed by atoms with Gasteiger partial charge in [-0.05, 0) is 82.7 Å². The first-order valence-corrected chi connectivity index (χ1v) is 19.0. The van der Waals surface area contributed by atoms with E-state index < -0.39 is 41.3 Å². The smallest absolute Gasteiger partial charge is 0.330 e. The van der Waals surface area contributed by atoms with Crippen LogP contribution in [0.25, 0.3) is 0 Å². The van der Waals surface area contributed by atoms with Crippen LogP contribution in [0.1, 0.15) is 74.1 Å². The van der Waals surface area contributed by atoms with Gasteiger partial charge in [-0.2, -0.15) is 4.98 Å². The maximum atomic E-state index is 13.7. The standard InChI is InChI=1S/C40H53N11O6/c1-23(2)17-29(36(55)48(7)8)45-37(56)40(5,6)47-35(54)30-11-10-16-50(30)32(52)21-42-34(53)26-14-12-24(3)31(18-26)51-22-27-19-43-38(46-33(27)49(9)39(51)57)44-28-15-13-25(4)41-20-28/h12-15,18-20,23,29-30H,10-11,16-17,21-22H2,1-9H3,(H,42,53)(H,45,56)(H,47,54)(H,43,44,46)/t29-,30?/m0/s1. The predicted molar refractivity (Wildman–Crippen MR) is 215 cm³/mol. The van der Waals surface area contributed by atoms with Gasteiger partial charge in [0.25, 0.3) is 5.91 Å². The lowest BCUT2D eigenvalue weighted by Gasteiger charge is -2.35. The number of pyridine rings is 1. The van der Waals surface area contributed by atoms with Gasteiger partial charge in [0.15, 0.2) is 0 Å². The lowest BCUT2D eigenvalue weighted by molar-refractivity contribution is -0.141. The third-order valence-electron chi connectivity index (χ3n) is 9.97. The van der Waals surface area contributed by atoms with E-state index in [4.69, 9.17) is 0 Å². The molecule has 1 aromatic carbocycles. The summed E-state index contributed by atoms with van der Waals surface area (Å²) >= 11 is 0. The SMILES string of the molecule is Cc1ccc(Nc2ncc3c(n2)N(C)C(=O)N(c2cc(C(=O)NCC(=O)N4CCCC4C(=O)NC(C)(C)C(=O)N[C@@H](CC(C)C)C(=O)N(C)C)ccc2C)C3)cn1. The number of carbonyl (C=O) groups excluding carboxylic acids is 6. The molecule has 5 rings (SSSR count). The molecular formula is C40H53N11O6. The van der Waals surface area contributed by atoms with Crippen LogP contribution in [0.4, 0.5) is 27.9 Å². The molecule has 2 aromatic heterocycles. The summed E-state index contributed by atoms with van der Waals surface area (Å²) < 4.78 is 0. The van der Waals surface area contributed by atoms with Crippen molar-refractivity contribution in [3.8, 4) is 0 Å². The number of urea groups is 1. The highest BCUT2D eigenvalue weighted by Gasteiger charge is 2.40. The summed E-state index contributed by atoms with van der Waals surface area (Å²) in [6.07, 6.45) is 4.70. The topological polar surface area (TPSA) is 202 Å². The molecule has 4 heterocycles. The number of fused-ring (bicyclic) bond motifs is 1. The third-order valence-corrected chi connectivity index (χ3v) is 9.97. The highest BCUT2D eigenvalue weighted by molar-refractivity contribution is 6.06. The van der Waals surface area contributed by atoms with Gasteiger partial charge < -0.3 is 31.1 Å². The van der Waals surface area contributed by atoms with Gasteiger partial charge in [0, 0.05) is 56.4 Å². The van der Waals surface area contributed by atoms with E-state index in [9.17, 15) is 28.8 Å². The number of anilines is 4. The number of likely N-dealkylation sites (tertiary alicyclic amines) is 1. The zero-order chi connectivity index (χ0) is 41.8. The van der Waals surface area contributed by atoms with E-state index >= 15 is 0 Å². The predicted octanol–water partition coefficient (Wildman–Crippen LogP) is 3.04. The molecule has 0 saturated carbocycles. The number of nitrogens with one attached hydrogen (secondary N) is 4. The molecule has 0 spiro atoms. The fourth-order valence-electron chi connectivity index (χ4n) is 6.76. The van der Waals surface area contributed by atoms with E-state index in [-0.39, 0.29) is 36.5 Å². The number of benzene rings is 1. The number of hydrogen-bond acceptors (Lipinski definition) is 10. The van der Waals surface area contributed by atoms with E-state index in [0.29, 0.717) is 54.5 Å². The number of rotatable bonds is 13. The molecule has 0 radical (unpaired) electrons. The summed E-state index contributed by atoms with van der Waals surface area (Å²) in [5.74, 6) is -1.36. The van der Waals surface area contributed by atoms with Crippen molar-refractivity contribution in [2.45, 2.75) is 85.0 Å². The quantitative estimate of drug-likeness (QED) is 0.200. The Hall–Kier alpha value is -6.13. The summed E-state index contributed by atoms with van der Waals surface area (Å²) in [6.45, 7) is 10.8. The third kappa shape index (κ3) is 9.82.